The summed E-state index contributed by atoms with van der Waals surface area (Å²) in [5, 5.41) is 13.0. The molecule has 1 aromatic carbocycles. The Bertz CT molecular complexity index is 730. The number of aryl methyl sites for hydroxylation is 1. The first-order valence-electron chi connectivity index (χ1n) is 7.31. The van der Waals surface area contributed by atoms with Crippen molar-refractivity contribution in [1.29, 1.82) is 5.26 Å². The van der Waals surface area contributed by atoms with E-state index in [0.717, 1.165) is 17.7 Å². The largest absolute Gasteiger partial charge is 0.373 e. The predicted molar refractivity (Wildman–Crippen MR) is 80.0 cm³/mol. The number of ether oxygens (including phenoxy) is 1. The van der Waals surface area contributed by atoms with Crippen LogP contribution in [0.15, 0.2) is 24.5 Å². The van der Waals surface area contributed by atoms with Gasteiger partial charge in [-0.2, -0.15) is 10.4 Å². The fourth-order valence-corrected chi connectivity index (χ4v) is 2.74. The highest BCUT2D eigenvalue weighted by Gasteiger charge is 2.26. The van der Waals surface area contributed by atoms with E-state index in [1.165, 1.54) is 0 Å². The predicted octanol–water partition coefficient (Wildman–Crippen LogP) is 2.25. The summed E-state index contributed by atoms with van der Waals surface area (Å²) < 4.78 is 35.7. The highest BCUT2D eigenvalue weighted by atomic mass is 19.1. The lowest BCUT2D eigenvalue weighted by Gasteiger charge is -2.34. The van der Waals surface area contributed by atoms with Gasteiger partial charge in [0, 0.05) is 19.3 Å². The fourth-order valence-electron chi connectivity index (χ4n) is 2.74. The molecule has 0 amide bonds. The monoisotopic (exact) mass is 318 g/mol. The molecule has 120 valence electrons. The van der Waals surface area contributed by atoms with E-state index in [1.807, 2.05) is 13.1 Å². The molecule has 23 heavy (non-hydrogen) atoms. The summed E-state index contributed by atoms with van der Waals surface area (Å²) in [6.45, 7) is 3.60. The van der Waals surface area contributed by atoms with E-state index >= 15 is 0 Å². The Labute approximate surface area is 132 Å². The Morgan fingerprint density at radius 3 is 2.74 bits per heavy atom. The first kappa shape index (κ1) is 15.4. The summed E-state index contributed by atoms with van der Waals surface area (Å²) in [6.07, 6.45) is 3.43. The van der Waals surface area contributed by atoms with Crippen molar-refractivity contribution < 1.29 is 13.5 Å². The first-order valence-corrected chi connectivity index (χ1v) is 7.31. The Morgan fingerprint density at radius 1 is 1.39 bits per heavy atom. The van der Waals surface area contributed by atoms with Crippen LogP contribution in [0.2, 0.25) is 0 Å². The van der Waals surface area contributed by atoms with Crippen LogP contribution in [0, 0.1) is 29.9 Å². The van der Waals surface area contributed by atoms with E-state index < -0.39 is 11.6 Å². The van der Waals surface area contributed by atoms with Gasteiger partial charge in [0.2, 0.25) is 0 Å². The molecular weight excluding hydrogens is 302 g/mol. The van der Waals surface area contributed by atoms with E-state index in [-0.39, 0.29) is 17.4 Å². The second kappa shape index (κ2) is 6.34. The zero-order valence-corrected chi connectivity index (χ0v) is 12.7. The maximum atomic E-state index is 14.1. The number of rotatable bonds is 3. The maximum Gasteiger partial charge on any atom is 0.150 e. The molecule has 1 aliphatic heterocycles. The van der Waals surface area contributed by atoms with Gasteiger partial charge in [-0.05, 0) is 24.6 Å². The summed E-state index contributed by atoms with van der Waals surface area (Å²) in [4.78, 5) is 1.62. The minimum atomic E-state index is -0.725. The van der Waals surface area contributed by atoms with E-state index in [0.29, 0.717) is 26.2 Å². The molecule has 0 radical (unpaired) electrons. The van der Waals surface area contributed by atoms with Crippen molar-refractivity contribution in [3.8, 4) is 6.07 Å². The third-order valence-electron chi connectivity index (χ3n) is 3.75. The van der Waals surface area contributed by atoms with Crippen molar-refractivity contribution in [1.82, 2.24) is 9.78 Å². The molecule has 1 aliphatic rings. The SMILES string of the molecule is Cc1cnn(CC2CN(c3c(F)cc(C#N)cc3F)CCO2)c1. The third kappa shape index (κ3) is 3.32. The lowest BCUT2D eigenvalue weighted by Crippen LogP contribution is -2.45. The van der Waals surface area contributed by atoms with Gasteiger partial charge in [-0.25, -0.2) is 8.78 Å². The lowest BCUT2D eigenvalue weighted by molar-refractivity contribution is 0.0270. The second-order valence-corrected chi connectivity index (χ2v) is 5.58. The Kier molecular flexibility index (Phi) is 4.26. The van der Waals surface area contributed by atoms with Crippen LogP contribution in [0.3, 0.4) is 0 Å². The number of hydrogen-bond acceptors (Lipinski definition) is 4. The van der Waals surface area contributed by atoms with Gasteiger partial charge in [0.05, 0.1) is 37.1 Å². The van der Waals surface area contributed by atoms with Crippen LogP contribution in [0.25, 0.3) is 0 Å². The molecule has 2 heterocycles. The van der Waals surface area contributed by atoms with Crippen molar-refractivity contribution in [2.45, 2.75) is 19.6 Å². The molecule has 0 aliphatic carbocycles. The average Bonchev–Trinajstić information content (AvgIpc) is 2.92. The van der Waals surface area contributed by atoms with Gasteiger partial charge < -0.3 is 9.64 Å². The normalized spacial score (nSPS) is 18.0. The molecule has 1 unspecified atom stereocenters. The third-order valence-corrected chi connectivity index (χ3v) is 3.75. The second-order valence-electron chi connectivity index (χ2n) is 5.58. The zero-order valence-electron chi connectivity index (χ0n) is 12.7. The summed E-state index contributed by atoms with van der Waals surface area (Å²) in [5.41, 5.74) is 0.913. The number of anilines is 1. The number of halogens is 2. The Morgan fingerprint density at radius 2 is 2.13 bits per heavy atom. The highest BCUT2D eigenvalue weighted by molar-refractivity contribution is 5.53. The Balaban J connectivity index is 1.77. The van der Waals surface area contributed by atoms with Crippen LogP contribution >= 0.6 is 0 Å². The number of benzene rings is 1. The molecule has 0 bridgehead atoms. The van der Waals surface area contributed by atoms with Gasteiger partial charge >= 0.3 is 0 Å². The number of morpholine rings is 1. The van der Waals surface area contributed by atoms with Crippen LogP contribution in [-0.2, 0) is 11.3 Å². The molecule has 7 heteroatoms. The molecular formula is C16H16F2N4O. The minimum Gasteiger partial charge on any atom is -0.373 e. The molecule has 1 atom stereocenters. The average molecular weight is 318 g/mol. The molecule has 0 spiro atoms. The van der Waals surface area contributed by atoms with Crippen LogP contribution in [-0.4, -0.2) is 35.6 Å². The molecule has 0 N–H and O–H groups in total. The van der Waals surface area contributed by atoms with E-state index in [1.54, 1.807) is 21.8 Å². The molecule has 1 fully saturated rings. The van der Waals surface area contributed by atoms with Crippen molar-refractivity contribution in [2.75, 3.05) is 24.6 Å². The lowest BCUT2D eigenvalue weighted by atomic mass is 10.1. The Hall–Kier alpha value is -2.46. The first-order chi connectivity index (χ1) is 11.1. The summed E-state index contributed by atoms with van der Waals surface area (Å²) >= 11 is 0. The quantitative estimate of drug-likeness (QED) is 0.871. The number of nitriles is 1. The van der Waals surface area contributed by atoms with Crippen LogP contribution in [0.1, 0.15) is 11.1 Å². The van der Waals surface area contributed by atoms with E-state index in [4.69, 9.17) is 10.00 Å². The molecule has 5 nitrogen and oxygen atoms in total. The van der Waals surface area contributed by atoms with Gasteiger partial charge in [-0.3, -0.25) is 4.68 Å². The van der Waals surface area contributed by atoms with Crippen molar-refractivity contribution in [3.63, 3.8) is 0 Å². The van der Waals surface area contributed by atoms with Gasteiger partial charge in [-0.1, -0.05) is 0 Å². The maximum absolute atomic E-state index is 14.1. The van der Waals surface area contributed by atoms with Crippen molar-refractivity contribution in [2.24, 2.45) is 0 Å². The van der Waals surface area contributed by atoms with Gasteiger partial charge in [0.25, 0.3) is 0 Å². The highest BCUT2D eigenvalue weighted by Crippen LogP contribution is 2.26. The van der Waals surface area contributed by atoms with E-state index in [2.05, 4.69) is 5.10 Å². The molecule has 2 aromatic rings. The number of nitrogens with zero attached hydrogens (tertiary/aromatic N) is 4. The molecule has 0 saturated carbocycles. The fraction of sp³-hybridized carbons (Fsp3) is 0.375. The van der Waals surface area contributed by atoms with Crippen molar-refractivity contribution in [3.05, 3.63) is 47.3 Å². The summed E-state index contributed by atoms with van der Waals surface area (Å²) in [7, 11) is 0. The smallest absolute Gasteiger partial charge is 0.150 e. The van der Waals surface area contributed by atoms with E-state index in [9.17, 15) is 8.78 Å². The number of hydrogen-bond donors (Lipinski definition) is 0. The molecule has 1 aromatic heterocycles. The topological polar surface area (TPSA) is 54.1 Å². The van der Waals surface area contributed by atoms with Gasteiger partial charge in [-0.15, -0.1) is 0 Å². The van der Waals surface area contributed by atoms with Gasteiger partial charge in [0.1, 0.15) is 5.69 Å². The summed E-state index contributed by atoms with van der Waals surface area (Å²) in [5.74, 6) is -1.45. The molecule has 1 saturated heterocycles. The van der Waals surface area contributed by atoms with Gasteiger partial charge in [0.15, 0.2) is 11.6 Å². The van der Waals surface area contributed by atoms with Crippen LogP contribution in [0.4, 0.5) is 14.5 Å². The summed E-state index contributed by atoms with van der Waals surface area (Å²) in [6, 6.07) is 3.86. The van der Waals surface area contributed by atoms with Crippen LogP contribution < -0.4 is 4.90 Å². The van der Waals surface area contributed by atoms with Crippen LogP contribution in [0.5, 0.6) is 0 Å². The molecule has 3 rings (SSSR count). The number of aromatic nitrogens is 2. The minimum absolute atomic E-state index is 0.0272. The zero-order chi connectivity index (χ0) is 16.4. The van der Waals surface area contributed by atoms with Crippen molar-refractivity contribution >= 4 is 5.69 Å². The standard InChI is InChI=1S/C16H16F2N4O/c1-11-7-20-22(8-11)10-13-9-21(2-3-23-13)16-14(17)4-12(6-19)5-15(16)18/h4-5,7-8,13H,2-3,9-10H2,1H3.